The van der Waals surface area contributed by atoms with Gasteiger partial charge in [0.2, 0.25) is 0 Å². The minimum absolute atomic E-state index is 0.0951. The molecule has 0 unspecified atom stereocenters. The fraction of sp³-hybridized carbons (Fsp3) is 0.0566. The zero-order valence-electron chi connectivity index (χ0n) is 31.8. The van der Waals surface area contributed by atoms with Crippen molar-refractivity contribution in [3.8, 4) is 33.4 Å². The van der Waals surface area contributed by atoms with Crippen LogP contribution in [0.3, 0.4) is 0 Å². The fourth-order valence-electron chi connectivity index (χ4n) is 8.14. The van der Waals surface area contributed by atoms with Crippen LogP contribution in [0.4, 0.5) is 0 Å². The molecular weight excluding hydrogens is 695 g/mol. The highest BCUT2D eigenvalue weighted by atomic mass is 16.3. The van der Waals surface area contributed by atoms with E-state index in [1.165, 1.54) is 33.2 Å². The largest absolute Gasteiger partial charge is 0.456 e. The van der Waals surface area contributed by atoms with Crippen LogP contribution in [0, 0.1) is 0 Å². The van der Waals surface area contributed by atoms with Crippen LogP contribution < -0.4 is 4.98 Å². The van der Waals surface area contributed by atoms with Gasteiger partial charge in [-0.3, -0.25) is 4.99 Å². The fourth-order valence-corrected chi connectivity index (χ4v) is 8.14. The van der Waals surface area contributed by atoms with E-state index >= 15 is 0 Å². The zero-order valence-corrected chi connectivity index (χ0v) is 31.8. The molecule has 272 valence electrons. The van der Waals surface area contributed by atoms with Gasteiger partial charge in [-0.2, -0.15) is 0 Å². The number of rotatable bonds is 8. The van der Waals surface area contributed by atoms with Gasteiger partial charge in [-0.1, -0.05) is 133 Å². The third kappa shape index (κ3) is 6.41. The maximum absolute atomic E-state index is 6.19. The number of aromatic nitrogens is 2. The molecule has 10 rings (SSSR count). The van der Waals surface area contributed by atoms with E-state index in [9.17, 15) is 0 Å². The van der Waals surface area contributed by atoms with Crippen LogP contribution in [-0.4, -0.2) is 10.7 Å². The Balaban J connectivity index is 1.08. The number of fused-ring (bicyclic) bond motifs is 6. The van der Waals surface area contributed by atoms with Crippen molar-refractivity contribution < 1.29 is 9.40 Å². The first-order valence-corrected chi connectivity index (χ1v) is 19.5. The number of furan rings is 1. The number of para-hydroxylation sites is 2. The van der Waals surface area contributed by atoms with Crippen molar-refractivity contribution in [1.82, 2.24) is 4.98 Å². The summed E-state index contributed by atoms with van der Waals surface area (Å²) < 4.78 is 6.19. The summed E-state index contributed by atoms with van der Waals surface area (Å²) in [6.07, 6.45) is 6.21. The molecule has 0 bridgehead atoms. The van der Waals surface area contributed by atoms with E-state index < -0.39 is 0 Å². The molecule has 4 nitrogen and oxygen atoms in total. The molecule has 0 aliphatic carbocycles. The van der Waals surface area contributed by atoms with Gasteiger partial charge < -0.3 is 9.40 Å². The summed E-state index contributed by atoms with van der Waals surface area (Å²) in [6.45, 7) is 4.37. The summed E-state index contributed by atoms with van der Waals surface area (Å²) in [4.78, 5) is 12.6. The Kier molecular flexibility index (Phi) is 8.65. The summed E-state index contributed by atoms with van der Waals surface area (Å²) in [7, 11) is 0. The van der Waals surface area contributed by atoms with Crippen molar-refractivity contribution in [2.75, 3.05) is 0 Å². The van der Waals surface area contributed by atoms with Crippen molar-refractivity contribution in [2.45, 2.75) is 19.9 Å². The topological polar surface area (TPSA) is 55.4 Å². The molecule has 3 heterocycles. The normalized spacial score (nSPS) is 12.9. The third-order valence-electron chi connectivity index (χ3n) is 11.2. The molecule has 4 heteroatoms. The molecule has 0 saturated heterocycles. The number of nitrogens with zero attached hydrogens (tertiary/aromatic N) is 1. The van der Waals surface area contributed by atoms with Gasteiger partial charge in [-0.15, -0.1) is 0 Å². The molecule has 3 aromatic heterocycles. The van der Waals surface area contributed by atoms with E-state index in [2.05, 4.69) is 182 Å². The number of benzene rings is 7. The van der Waals surface area contributed by atoms with Crippen LogP contribution in [0.15, 0.2) is 198 Å². The lowest BCUT2D eigenvalue weighted by atomic mass is 9.93. The number of nitrogens with one attached hydrogen (secondary N) is 2. The Bertz CT molecular complexity index is 3120. The number of aliphatic imine (C=N–C) groups is 1. The van der Waals surface area contributed by atoms with Crippen molar-refractivity contribution in [2.24, 2.45) is 4.99 Å². The molecule has 10 aromatic rings. The van der Waals surface area contributed by atoms with Crippen LogP contribution in [0.25, 0.3) is 82.7 Å². The van der Waals surface area contributed by atoms with E-state index in [0.29, 0.717) is 0 Å². The van der Waals surface area contributed by atoms with Crippen molar-refractivity contribution in [1.29, 1.82) is 0 Å². The van der Waals surface area contributed by atoms with Crippen LogP contribution in [0.2, 0.25) is 0 Å². The lowest BCUT2D eigenvalue weighted by Crippen LogP contribution is -2.03. The van der Waals surface area contributed by atoms with Crippen molar-refractivity contribution in [3.05, 3.63) is 205 Å². The molecule has 0 radical (unpaired) electrons. The molecule has 0 saturated carbocycles. The molecule has 0 spiro atoms. The quantitative estimate of drug-likeness (QED) is 0.155. The summed E-state index contributed by atoms with van der Waals surface area (Å²) in [5.41, 5.74) is 16.5. The summed E-state index contributed by atoms with van der Waals surface area (Å²) in [5.74, 6) is 0. The van der Waals surface area contributed by atoms with Gasteiger partial charge >= 0.3 is 0 Å². The lowest BCUT2D eigenvalue weighted by Gasteiger charge is -2.15. The molecule has 7 aromatic carbocycles. The molecule has 0 aliphatic heterocycles. The summed E-state index contributed by atoms with van der Waals surface area (Å²) in [5, 5.41) is 4.57. The highest BCUT2D eigenvalue weighted by Crippen LogP contribution is 2.39. The van der Waals surface area contributed by atoms with E-state index in [0.717, 1.165) is 71.9 Å². The first-order valence-electron chi connectivity index (χ1n) is 19.5. The van der Waals surface area contributed by atoms with Gasteiger partial charge in [0, 0.05) is 49.8 Å². The van der Waals surface area contributed by atoms with Crippen LogP contribution >= 0.6 is 0 Å². The highest BCUT2D eigenvalue weighted by Gasteiger charge is 2.19. The Hall–Kier alpha value is -7.30. The monoisotopic (exact) mass is 734 g/mol. The minimum Gasteiger partial charge on any atom is -0.456 e. The van der Waals surface area contributed by atoms with Gasteiger partial charge in [0.15, 0.2) is 12.4 Å². The third-order valence-corrected chi connectivity index (χ3v) is 11.2. The van der Waals surface area contributed by atoms with Gasteiger partial charge in [0.05, 0.1) is 17.3 Å². The average molecular weight is 735 g/mol. The predicted molar refractivity (Wildman–Crippen MR) is 237 cm³/mol. The van der Waals surface area contributed by atoms with Gasteiger partial charge in [0.25, 0.3) is 0 Å². The Labute approximate surface area is 331 Å². The maximum atomic E-state index is 6.19. The molecule has 0 fully saturated rings. The smallest absolute Gasteiger partial charge is 0.174 e. The first-order chi connectivity index (χ1) is 28.1. The number of pyridine rings is 1. The van der Waals surface area contributed by atoms with E-state index in [1.807, 2.05) is 30.6 Å². The van der Waals surface area contributed by atoms with E-state index in [1.54, 1.807) is 0 Å². The maximum Gasteiger partial charge on any atom is 0.174 e. The number of allylic oxidation sites excluding steroid dienone is 2. The number of hydrogen-bond donors (Lipinski definition) is 1. The van der Waals surface area contributed by atoms with Crippen LogP contribution in [0.5, 0.6) is 0 Å². The summed E-state index contributed by atoms with van der Waals surface area (Å²) in [6, 6.07) is 60.1. The Morgan fingerprint density at radius 2 is 1.28 bits per heavy atom. The SMILES string of the molecule is C/C(=C\C(=N[C@H](C)c1ccc(-c2ccc(-c3ccc[nH+]c3)cc2)cc1)c1ccc(-c2ccc3oc4ccccc4c3c2)c2[nH]c3ccccc3c12)c1ccccc1. The molecule has 2 N–H and O–H groups in total. The standard InChI is InChI=1S/C53H39N3O/c1-34(36-11-4-3-5-12-36)31-49(55-35(2)37-18-20-38(21-19-37)39-22-24-40(25-23-39)42-13-10-30-54-33-42)46-28-27-43(53-52(46)45-15-6-8-16-48(45)56-53)41-26-29-51-47(32-41)44-14-7-9-17-50(44)57-51/h3-33,35,56H,1-2H3/p+1/b34-31+,55-49?/t35-/m1/s1. The predicted octanol–water partition coefficient (Wildman–Crippen LogP) is 13.7. The second-order valence-electron chi connectivity index (χ2n) is 14.8. The van der Waals surface area contributed by atoms with Crippen molar-refractivity contribution >= 4 is 55.0 Å². The summed E-state index contributed by atoms with van der Waals surface area (Å²) >= 11 is 0. The molecular formula is C53H40N3O+. The van der Waals surface area contributed by atoms with Crippen molar-refractivity contribution in [3.63, 3.8) is 0 Å². The van der Waals surface area contributed by atoms with Gasteiger partial charge in [-0.25, -0.2) is 4.98 Å². The number of H-pyrrole nitrogens is 2. The minimum atomic E-state index is -0.0951. The number of aromatic amines is 2. The van der Waals surface area contributed by atoms with Gasteiger partial charge in [0.1, 0.15) is 11.2 Å². The van der Waals surface area contributed by atoms with Gasteiger partial charge in [-0.05, 0) is 89.2 Å². The lowest BCUT2D eigenvalue weighted by molar-refractivity contribution is -0.377. The molecule has 0 aliphatic rings. The first kappa shape index (κ1) is 34.2. The average Bonchev–Trinajstić information content (AvgIpc) is 3.85. The van der Waals surface area contributed by atoms with Crippen LogP contribution in [0.1, 0.15) is 36.6 Å². The Morgan fingerprint density at radius 1 is 0.614 bits per heavy atom. The molecule has 1 atom stereocenters. The van der Waals surface area contributed by atoms with E-state index in [-0.39, 0.29) is 6.04 Å². The number of hydrogen-bond acceptors (Lipinski definition) is 2. The molecule has 0 amide bonds. The van der Waals surface area contributed by atoms with Crippen LogP contribution in [-0.2, 0) is 0 Å². The zero-order chi connectivity index (χ0) is 38.3. The second-order valence-corrected chi connectivity index (χ2v) is 14.8. The highest BCUT2D eigenvalue weighted by molar-refractivity contribution is 6.26. The van der Waals surface area contributed by atoms with E-state index in [4.69, 9.17) is 9.41 Å². The molecule has 57 heavy (non-hydrogen) atoms. The Morgan fingerprint density at radius 3 is 2.05 bits per heavy atom. The second kappa shape index (κ2) is 14.4.